The van der Waals surface area contributed by atoms with Gasteiger partial charge < -0.3 is 4.90 Å². The number of urea groups is 1. The molecule has 0 unspecified atom stereocenters. The standard InChI is InChI=1S/C15H28N2O2/c1-9(2)15(10(3)4)13(18)16(11(5)6)14(19)17(15)12(7)8/h9-12H,1-8H3. The summed E-state index contributed by atoms with van der Waals surface area (Å²) in [6.45, 7) is 15.9. The number of hydrogen-bond donors (Lipinski definition) is 0. The largest absolute Gasteiger partial charge is 0.328 e. The highest BCUT2D eigenvalue weighted by atomic mass is 16.2. The molecular formula is C15H28N2O2. The summed E-state index contributed by atoms with van der Waals surface area (Å²) in [5, 5.41) is 0. The third kappa shape index (κ3) is 2.05. The van der Waals surface area contributed by atoms with Crippen LogP contribution in [0.3, 0.4) is 0 Å². The van der Waals surface area contributed by atoms with Gasteiger partial charge in [-0.2, -0.15) is 0 Å². The molecule has 1 saturated heterocycles. The van der Waals surface area contributed by atoms with Gasteiger partial charge in [0, 0.05) is 12.1 Å². The lowest BCUT2D eigenvalue weighted by atomic mass is 9.75. The Morgan fingerprint density at radius 3 is 1.42 bits per heavy atom. The van der Waals surface area contributed by atoms with E-state index in [1.807, 2.05) is 55.4 Å². The number of rotatable bonds is 4. The Hall–Kier alpha value is -1.06. The second kappa shape index (κ2) is 5.14. The highest BCUT2D eigenvalue weighted by Gasteiger charge is 2.61. The molecule has 1 aliphatic rings. The summed E-state index contributed by atoms with van der Waals surface area (Å²) in [5.74, 6) is 0.149. The van der Waals surface area contributed by atoms with Crippen molar-refractivity contribution >= 4 is 11.9 Å². The lowest BCUT2D eigenvalue weighted by molar-refractivity contribution is -0.139. The van der Waals surface area contributed by atoms with E-state index in [0.717, 1.165) is 0 Å². The van der Waals surface area contributed by atoms with Gasteiger partial charge in [-0.3, -0.25) is 9.69 Å². The monoisotopic (exact) mass is 268 g/mol. The molecule has 0 saturated carbocycles. The summed E-state index contributed by atoms with van der Waals surface area (Å²) < 4.78 is 0. The minimum atomic E-state index is -0.713. The molecule has 0 aromatic rings. The van der Waals surface area contributed by atoms with Crippen molar-refractivity contribution in [3.05, 3.63) is 0 Å². The molecule has 0 bridgehead atoms. The fraction of sp³-hybridized carbons (Fsp3) is 0.867. The Morgan fingerprint density at radius 2 is 1.21 bits per heavy atom. The normalized spacial score (nSPS) is 19.8. The van der Waals surface area contributed by atoms with E-state index in [1.165, 1.54) is 4.90 Å². The molecule has 0 atom stereocenters. The van der Waals surface area contributed by atoms with Gasteiger partial charge >= 0.3 is 6.03 Å². The maximum atomic E-state index is 12.9. The average molecular weight is 268 g/mol. The molecule has 0 aliphatic carbocycles. The summed E-state index contributed by atoms with van der Waals surface area (Å²) in [4.78, 5) is 28.8. The molecule has 0 spiro atoms. The first-order valence-electron chi connectivity index (χ1n) is 7.27. The molecule has 19 heavy (non-hydrogen) atoms. The smallest absolute Gasteiger partial charge is 0.307 e. The van der Waals surface area contributed by atoms with Crippen molar-refractivity contribution in [3.8, 4) is 0 Å². The second-order valence-electron chi connectivity index (χ2n) is 6.65. The van der Waals surface area contributed by atoms with E-state index in [0.29, 0.717) is 0 Å². The van der Waals surface area contributed by atoms with Crippen LogP contribution in [0.25, 0.3) is 0 Å². The highest BCUT2D eigenvalue weighted by molar-refractivity contribution is 6.07. The zero-order valence-electron chi connectivity index (χ0n) is 13.5. The van der Waals surface area contributed by atoms with Crippen molar-refractivity contribution < 1.29 is 9.59 Å². The summed E-state index contributed by atoms with van der Waals surface area (Å²) in [6.07, 6.45) is 0. The molecule has 4 heteroatoms. The Bertz CT molecular complexity index is 364. The molecule has 1 fully saturated rings. The Kier molecular flexibility index (Phi) is 4.33. The molecule has 1 rings (SSSR count). The number of carbonyl (C=O) groups excluding carboxylic acids is 2. The number of amides is 3. The fourth-order valence-electron chi connectivity index (χ4n) is 3.48. The van der Waals surface area contributed by atoms with Gasteiger partial charge in [0.1, 0.15) is 5.54 Å². The average Bonchev–Trinajstić information content (AvgIpc) is 2.46. The van der Waals surface area contributed by atoms with Crippen LogP contribution in [0, 0.1) is 11.8 Å². The van der Waals surface area contributed by atoms with Crippen LogP contribution in [0.15, 0.2) is 0 Å². The zero-order chi connectivity index (χ0) is 15.1. The summed E-state index contributed by atoms with van der Waals surface area (Å²) in [6, 6.07) is -0.219. The lowest BCUT2D eigenvalue weighted by Crippen LogP contribution is -2.59. The molecule has 110 valence electrons. The molecule has 0 radical (unpaired) electrons. The van der Waals surface area contributed by atoms with Crippen LogP contribution >= 0.6 is 0 Å². The van der Waals surface area contributed by atoms with Crippen molar-refractivity contribution in [2.24, 2.45) is 11.8 Å². The van der Waals surface area contributed by atoms with Crippen molar-refractivity contribution in [2.75, 3.05) is 0 Å². The van der Waals surface area contributed by atoms with Gasteiger partial charge in [0.2, 0.25) is 0 Å². The lowest BCUT2D eigenvalue weighted by Gasteiger charge is -2.44. The molecule has 1 heterocycles. The van der Waals surface area contributed by atoms with Crippen LogP contribution in [0.1, 0.15) is 55.4 Å². The van der Waals surface area contributed by atoms with E-state index in [9.17, 15) is 9.59 Å². The predicted octanol–water partition coefficient (Wildman–Crippen LogP) is 3.12. The Morgan fingerprint density at radius 1 is 0.789 bits per heavy atom. The van der Waals surface area contributed by atoms with Crippen molar-refractivity contribution in [1.29, 1.82) is 0 Å². The van der Waals surface area contributed by atoms with Crippen molar-refractivity contribution in [3.63, 3.8) is 0 Å². The molecular weight excluding hydrogens is 240 g/mol. The van der Waals surface area contributed by atoms with E-state index in [2.05, 4.69) is 0 Å². The van der Waals surface area contributed by atoms with Crippen LogP contribution < -0.4 is 0 Å². The Balaban J connectivity index is 3.49. The van der Waals surface area contributed by atoms with Crippen molar-refractivity contribution in [1.82, 2.24) is 9.80 Å². The topological polar surface area (TPSA) is 40.6 Å². The maximum Gasteiger partial charge on any atom is 0.328 e. The zero-order valence-corrected chi connectivity index (χ0v) is 13.5. The van der Waals surface area contributed by atoms with Gasteiger partial charge in [-0.05, 0) is 39.5 Å². The molecule has 1 aliphatic heterocycles. The van der Waals surface area contributed by atoms with Crippen molar-refractivity contribution in [2.45, 2.75) is 73.0 Å². The highest BCUT2D eigenvalue weighted by Crippen LogP contribution is 2.42. The summed E-state index contributed by atoms with van der Waals surface area (Å²) in [7, 11) is 0. The SMILES string of the molecule is CC(C)N1C(=O)N(C(C)C)C(C(C)C)(C(C)C)C1=O. The Labute approximate surface area is 117 Å². The molecule has 3 amide bonds. The van der Waals surface area contributed by atoms with Crippen LogP contribution in [-0.2, 0) is 4.79 Å². The van der Waals surface area contributed by atoms with Gasteiger partial charge in [0.15, 0.2) is 0 Å². The van der Waals surface area contributed by atoms with Gasteiger partial charge in [-0.25, -0.2) is 4.79 Å². The first-order chi connectivity index (χ1) is 8.59. The van der Waals surface area contributed by atoms with E-state index >= 15 is 0 Å². The van der Waals surface area contributed by atoms with E-state index in [-0.39, 0.29) is 35.9 Å². The number of carbonyl (C=O) groups is 2. The molecule has 0 aromatic heterocycles. The minimum Gasteiger partial charge on any atom is -0.307 e. The van der Waals surface area contributed by atoms with Crippen LogP contribution in [-0.4, -0.2) is 39.4 Å². The van der Waals surface area contributed by atoms with Gasteiger partial charge in [-0.15, -0.1) is 0 Å². The van der Waals surface area contributed by atoms with Crippen LogP contribution in [0.4, 0.5) is 4.79 Å². The van der Waals surface area contributed by atoms with E-state index in [1.54, 1.807) is 4.90 Å². The minimum absolute atomic E-state index is 0.0185. The van der Waals surface area contributed by atoms with E-state index in [4.69, 9.17) is 0 Å². The summed E-state index contributed by atoms with van der Waals surface area (Å²) >= 11 is 0. The second-order valence-corrected chi connectivity index (χ2v) is 6.65. The van der Waals surface area contributed by atoms with Crippen LogP contribution in [0.5, 0.6) is 0 Å². The third-order valence-corrected chi connectivity index (χ3v) is 4.17. The fourth-order valence-corrected chi connectivity index (χ4v) is 3.48. The maximum absolute atomic E-state index is 12.9. The summed E-state index contributed by atoms with van der Waals surface area (Å²) in [5.41, 5.74) is -0.713. The van der Waals surface area contributed by atoms with E-state index < -0.39 is 5.54 Å². The first kappa shape index (κ1) is 16.0. The van der Waals surface area contributed by atoms with Gasteiger partial charge in [0.05, 0.1) is 0 Å². The van der Waals surface area contributed by atoms with Gasteiger partial charge in [-0.1, -0.05) is 27.7 Å². The number of hydrogen-bond acceptors (Lipinski definition) is 2. The molecule has 0 N–H and O–H groups in total. The molecule has 4 nitrogen and oxygen atoms in total. The molecule has 0 aromatic carbocycles. The third-order valence-electron chi connectivity index (χ3n) is 4.17. The quantitative estimate of drug-likeness (QED) is 0.735. The predicted molar refractivity (Wildman–Crippen MR) is 76.8 cm³/mol. The van der Waals surface area contributed by atoms with Crippen LogP contribution in [0.2, 0.25) is 0 Å². The first-order valence-corrected chi connectivity index (χ1v) is 7.27. The number of nitrogens with zero attached hydrogens (tertiary/aromatic N) is 2. The van der Waals surface area contributed by atoms with Gasteiger partial charge in [0.25, 0.3) is 5.91 Å². The number of imide groups is 1.